The molecule has 0 radical (unpaired) electrons. The van der Waals surface area contributed by atoms with Gasteiger partial charge in [0.2, 0.25) is 0 Å². The van der Waals surface area contributed by atoms with Crippen LogP contribution in [0.15, 0.2) is 53.4 Å². The fraction of sp³-hybridized carbons (Fsp3) is 0.316. The lowest BCUT2D eigenvalue weighted by atomic mass is 10.1. The topological polar surface area (TPSA) is 47.3 Å². The molecule has 0 spiro atoms. The van der Waals surface area contributed by atoms with Crippen molar-refractivity contribution in [3.05, 3.63) is 59.7 Å². The first-order valence-corrected chi connectivity index (χ1v) is 8.62. The van der Waals surface area contributed by atoms with Crippen molar-refractivity contribution in [1.82, 2.24) is 4.90 Å². The van der Waals surface area contributed by atoms with Crippen LogP contribution in [0.5, 0.6) is 5.75 Å². The van der Waals surface area contributed by atoms with Crippen LogP contribution in [-0.4, -0.2) is 21.7 Å². The SMILES string of the molecule is Cc1ccccc1SC(=N)N(Cc1ccc(O)cc1)CC(C)C. The van der Waals surface area contributed by atoms with Crippen molar-refractivity contribution in [2.45, 2.75) is 32.2 Å². The molecule has 4 heteroatoms. The molecule has 0 fully saturated rings. The third-order valence-electron chi connectivity index (χ3n) is 3.48. The molecule has 122 valence electrons. The van der Waals surface area contributed by atoms with Gasteiger partial charge in [0.25, 0.3) is 0 Å². The monoisotopic (exact) mass is 328 g/mol. The van der Waals surface area contributed by atoms with Gasteiger partial charge in [0, 0.05) is 18.0 Å². The van der Waals surface area contributed by atoms with E-state index in [9.17, 15) is 5.11 Å². The Hall–Kier alpha value is -1.94. The van der Waals surface area contributed by atoms with E-state index < -0.39 is 0 Å². The van der Waals surface area contributed by atoms with E-state index in [0.717, 1.165) is 17.0 Å². The average Bonchev–Trinajstić information content (AvgIpc) is 2.50. The standard InChI is InChI=1S/C19H24N2OS/c1-14(2)12-21(13-16-8-10-17(22)11-9-16)19(20)23-18-7-5-4-6-15(18)3/h4-11,14,20,22H,12-13H2,1-3H3. The van der Waals surface area contributed by atoms with Gasteiger partial charge in [-0.25, -0.2) is 0 Å². The molecule has 0 saturated heterocycles. The lowest BCUT2D eigenvalue weighted by Crippen LogP contribution is -2.31. The van der Waals surface area contributed by atoms with Gasteiger partial charge in [-0.05, 0) is 42.2 Å². The van der Waals surface area contributed by atoms with Gasteiger partial charge in [-0.3, -0.25) is 5.41 Å². The summed E-state index contributed by atoms with van der Waals surface area (Å²) in [5, 5.41) is 18.5. The maximum absolute atomic E-state index is 9.41. The Morgan fingerprint density at radius 2 is 1.78 bits per heavy atom. The summed E-state index contributed by atoms with van der Waals surface area (Å²) in [5.41, 5.74) is 2.29. The first-order valence-electron chi connectivity index (χ1n) is 7.80. The van der Waals surface area contributed by atoms with Gasteiger partial charge < -0.3 is 10.0 Å². The van der Waals surface area contributed by atoms with Crippen molar-refractivity contribution in [2.75, 3.05) is 6.54 Å². The summed E-state index contributed by atoms with van der Waals surface area (Å²) >= 11 is 1.50. The van der Waals surface area contributed by atoms with Crippen LogP contribution >= 0.6 is 11.8 Å². The largest absolute Gasteiger partial charge is 0.508 e. The molecule has 0 unspecified atom stereocenters. The number of phenolic OH excluding ortho intramolecular Hbond substituents is 1. The highest BCUT2D eigenvalue weighted by atomic mass is 32.2. The van der Waals surface area contributed by atoms with Crippen LogP contribution in [-0.2, 0) is 6.54 Å². The molecule has 0 aliphatic carbocycles. The highest BCUT2D eigenvalue weighted by Crippen LogP contribution is 2.25. The van der Waals surface area contributed by atoms with E-state index in [1.807, 2.05) is 24.3 Å². The molecule has 0 aliphatic heterocycles. The number of hydrogen-bond acceptors (Lipinski definition) is 3. The number of amidine groups is 1. The van der Waals surface area contributed by atoms with Crippen molar-refractivity contribution >= 4 is 16.9 Å². The van der Waals surface area contributed by atoms with Crippen molar-refractivity contribution in [2.24, 2.45) is 5.92 Å². The molecule has 23 heavy (non-hydrogen) atoms. The molecule has 2 aromatic carbocycles. The molecule has 2 rings (SSSR count). The van der Waals surface area contributed by atoms with Crippen molar-refractivity contribution < 1.29 is 5.11 Å². The number of rotatable bonds is 5. The normalized spacial score (nSPS) is 10.8. The Balaban J connectivity index is 2.12. The van der Waals surface area contributed by atoms with E-state index in [1.165, 1.54) is 17.3 Å². The lowest BCUT2D eigenvalue weighted by Gasteiger charge is -2.27. The van der Waals surface area contributed by atoms with E-state index in [0.29, 0.717) is 17.6 Å². The minimum Gasteiger partial charge on any atom is -0.508 e. The molecule has 0 saturated carbocycles. The molecular weight excluding hydrogens is 304 g/mol. The van der Waals surface area contributed by atoms with E-state index in [2.05, 4.69) is 37.8 Å². The van der Waals surface area contributed by atoms with Crippen molar-refractivity contribution in [3.63, 3.8) is 0 Å². The summed E-state index contributed by atoms with van der Waals surface area (Å²) in [4.78, 5) is 3.21. The van der Waals surface area contributed by atoms with E-state index in [4.69, 9.17) is 5.41 Å². The molecule has 2 aromatic rings. The van der Waals surface area contributed by atoms with Crippen molar-refractivity contribution in [1.29, 1.82) is 5.41 Å². The molecule has 2 N–H and O–H groups in total. The number of phenols is 1. The first-order chi connectivity index (χ1) is 11.0. The maximum Gasteiger partial charge on any atom is 0.161 e. The zero-order chi connectivity index (χ0) is 16.8. The summed E-state index contributed by atoms with van der Waals surface area (Å²) < 4.78 is 0. The predicted octanol–water partition coefficient (Wildman–Crippen LogP) is 4.89. The first kappa shape index (κ1) is 17.4. The summed E-state index contributed by atoms with van der Waals surface area (Å²) in [6.45, 7) is 7.90. The minimum atomic E-state index is 0.272. The fourth-order valence-electron chi connectivity index (χ4n) is 2.32. The summed E-state index contributed by atoms with van der Waals surface area (Å²) in [6, 6.07) is 15.4. The van der Waals surface area contributed by atoms with Crippen LogP contribution in [0, 0.1) is 18.3 Å². The third kappa shape index (κ3) is 5.32. The number of thioether (sulfide) groups is 1. The van der Waals surface area contributed by atoms with Gasteiger partial charge in [0.1, 0.15) is 5.75 Å². The average molecular weight is 328 g/mol. The van der Waals surface area contributed by atoms with Crippen LogP contribution in [0.1, 0.15) is 25.0 Å². The van der Waals surface area contributed by atoms with Crippen LogP contribution in [0.4, 0.5) is 0 Å². The molecule has 0 aliphatic rings. The third-order valence-corrected chi connectivity index (χ3v) is 4.61. The van der Waals surface area contributed by atoms with Gasteiger partial charge in [-0.2, -0.15) is 0 Å². The van der Waals surface area contributed by atoms with Crippen LogP contribution in [0.2, 0.25) is 0 Å². The Morgan fingerprint density at radius 3 is 2.39 bits per heavy atom. The lowest BCUT2D eigenvalue weighted by molar-refractivity contribution is 0.364. The Labute approximate surface area is 142 Å². The Kier molecular flexibility index (Phi) is 6.11. The van der Waals surface area contributed by atoms with E-state index in [-0.39, 0.29) is 5.75 Å². The highest BCUT2D eigenvalue weighted by molar-refractivity contribution is 8.13. The second kappa shape index (κ2) is 8.06. The quantitative estimate of drug-likeness (QED) is 0.467. The smallest absolute Gasteiger partial charge is 0.161 e. The molecule has 0 amide bonds. The van der Waals surface area contributed by atoms with Crippen molar-refractivity contribution in [3.8, 4) is 5.75 Å². The van der Waals surface area contributed by atoms with Gasteiger partial charge >= 0.3 is 0 Å². The van der Waals surface area contributed by atoms with Gasteiger partial charge in [0.05, 0.1) is 0 Å². The highest BCUT2D eigenvalue weighted by Gasteiger charge is 2.14. The number of aromatic hydroxyl groups is 1. The number of benzene rings is 2. The molecule has 0 atom stereocenters. The molecule has 3 nitrogen and oxygen atoms in total. The van der Waals surface area contributed by atoms with Crippen LogP contribution in [0.25, 0.3) is 0 Å². The Bertz CT molecular complexity index is 653. The number of nitrogens with zero attached hydrogens (tertiary/aromatic N) is 1. The van der Waals surface area contributed by atoms with Crippen LogP contribution < -0.4 is 0 Å². The fourth-order valence-corrected chi connectivity index (χ4v) is 3.17. The van der Waals surface area contributed by atoms with Crippen LogP contribution in [0.3, 0.4) is 0 Å². The summed E-state index contributed by atoms with van der Waals surface area (Å²) in [6.07, 6.45) is 0. The second-order valence-corrected chi connectivity index (χ2v) is 7.14. The molecule has 0 aromatic heterocycles. The molecular formula is C19H24N2OS. The maximum atomic E-state index is 9.41. The van der Waals surface area contributed by atoms with E-state index in [1.54, 1.807) is 12.1 Å². The molecule has 0 bridgehead atoms. The Morgan fingerprint density at radius 1 is 1.13 bits per heavy atom. The zero-order valence-corrected chi connectivity index (χ0v) is 14.7. The molecule has 0 heterocycles. The van der Waals surface area contributed by atoms with Gasteiger partial charge in [-0.1, -0.05) is 55.9 Å². The van der Waals surface area contributed by atoms with E-state index >= 15 is 0 Å². The second-order valence-electron chi connectivity index (χ2n) is 6.11. The van der Waals surface area contributed by atoms with Gasteiger partial charge in [-0.15, -0.1) is 0 Å². The number of hydrogen-bond donors (Lipinski definition) is 2. The number of nitrogens with one attached hydrogen (secondary N) is 1. The summed E-state index contributed by atoms with van der Waals surface area (Å²) in [7, 11) is 0. The predicted molar refractivity (Wildman–Crippen MR) is 98.1 cm³/mol. The minimum absolute atomic E-state index is 0.272. The zero-order valence-electron chi connectivity index (χ0n) is 13.9. The number of aryl methyl sites for hydroxylation is 1. The summed E-state index contributed by atoms with van der Waals surface area (Å²) in [5.74, 6) is 0.749. The van der Waals surface area contributed by atoms with Gasteiger partial charge in [0.15, 0.2) is 5.17 Å².